The molecule has 0 radical (unpaired) electrons. The molecule has 6 heteroatoms. The molecule has 0 saturated heterocycles. The summed E-state index contributed by atoms with van der Waals surface area (Å²) in [6, 6.07) is 11.2. The van der Waals surface area contributed by atoms with E-state index in [1.165, 1.54) is 4.80 Å². The van der Waals surface area contributed by atoms with Crippen LogP contribution in [-0.2, 0) is 16.0 Å². The first-order valence-electron chi connectivity index (χ1n) is 8.89. The van der Waals surface area contributed by atoms with Crippen molar-refractivity contribution in [1.82, 2.24) is 15.0 Å². The van der Waals surface area contributed by atoms with E-state index < -0.39 is 0 Å². The molecule has 0 bridgehead atoms. The Bertz CT molecular complexity index is 885. The van der Waals surface area contributed by atoms with E-state index >= 15 is 0 Å². The lowest BCUT2D eigenvalue weighted by Gasteiger charge is -2.10. The molecule has 0 amide bonds. The van der Waals surface area contributed by atoms with Crippen molar-refractivity contribution in [1.29, 1.82) is 0 Å². The molecule has 0 saturated carbocycles. The largest absolute Gasteiger partial charge is 0.505 e. The zero-order chi connectivity index (χ0) is 18.5. The predicted molar refractivity (Wildman–Crippen MR) is 99.5 cm³/mol. The molecule has 0 spiro atoms. The molecule has 1 N–H and O–H groups in total. The third-order valence-corrected chi connectivity index (χ3v) is 4.22. The number of unbranched alkanes of at least 4 members (excludes halogenated alkanes) is 1. The molecule has 3 rings (SSSR count). The second kappa shape index (κ2) is 7.99. The molecule has 26 heavy (non-hydrogen) atoms. The summed E-state index contributed by atoms with van der Waals surface area (Å²) in [7, 11) is 0. The van der Waals surface area contributed by atoms with Gasteiger partial charge in [0, 0.05) is 6.42 Å². The minimum absolute atomic E-state index is 0.138. The molecule has 1 aromatic heterocycles. The Labute approximate surface area is 152 Å². The van der Waals surface area contributed by atoms with Crippen molar-refractivity contribution < 1.29 is 14.6 Å². The van der Waals surface area contributed by atoms with Crippen molar-refractivity contribution in [2.45, 2.75) is 39.5 Å². The number of nitrogens with zero attached hydrogens (tertiary/aromatic N) is 3. The number of phenols is 1. The number of carbonyl (C=O) groups excluding carboxylic acids is 1. The Morgan fingerprint density at radius 2 is 1.88 bits per heavy atom. The van der Waals surface area contributed by atoms with E-state index in [9.17, 15) is 9.90 Å². The molecule has 0 aliphatic carbocycles. The number of rotatable bonds is 7. The molecule has 0 fully saturated rings. The van der Waals surface area contributed by atoms with Gasteiger partial charge >= 0.3 is 5.97 Å². The van der Waals surface area contributed by atoms with Crippen LogP contribution >= 0.6 is 0 Å². The van der Waals surface area contributed by atoms with Crippen LogP contribution in [0.3, 0.4) is 0 Å². The van der Waals surface area contributed by atoms with Gasteiger partial charge in [-0.05, 0) is 49.1 Å². The number of hydrogen-bond acceptors (Lipinski definition) is 5. The maximum Gasteiger partial charge on any atom is 0.306 e. The summed E-state index contributed by atoms with van der Waals surface area (Å²) in [5.41, 5.74) is 3.68. The van der Waals surface area contributed by atoms with Gasteiger partial charge in [0.05, 0.1) is 6.61 Å². The van der Waals surface area contributed by atoms with Gasteiger partial charge in [0.1, 0.15) is 22.5 Å². The van der Waals surface area contributed by atoms with Crippen molar-refractivity contribution in [3.05, 3.63) is 47.5 Å². The normalized spacial score (nSPS) is 11.0. The first kappa shape index (κ1) is 17.9. The lowest BCUT2D eigenvalue weighted by atomic mass is 10.0. The van der Waals surface area contributed by atoms with Crippen LogP contribution in [0.25, 0.3) is 16.7 Å². The van der Waals surface area contributed by atoms with Crippen LogP contribution < -0.4 is 0 Å². The second-order valence-electron chi connectivity index (χ2n) is 6.33. The number of carbonyl (C=O) groups is 1. The summed E-state index contributed by atoms with van der Waals surface area (Å²) in [6.07, 6.45) is 2.73. The number of hydrogen-bond donors (Lipinski definition) is 1. The van der Waals surface area contributed by atoms with Crippen LogP contribution in [0.4, 0.5) is 0 Å². The number of ether oxygens (including phenoxy) is 1. The first-order chi connectivity index (χ1) is 12.6. The summed E-state index contributed by atoms with van der Waals surface area (Å²) in [6.45, 7) is 4.35. The minimum atomic E-state index is -0.200. The van der Waals surface area contributed by atoms with Crippen molar-refractivity contribution in [2.75, 3.05) is 6.61 Å². The average molecular weight is 353 g/mol. The van der Waals surface area contributed by atoms with Crippen molar-refractivity contribution in [2.24, 2.45) is 0 Å². The van der Waals surface area contributed by atoms with Gasteiger partial charge in [-0.15, -0.1) is 15.0 Å². The zero-order valence-corrected chi connectivity index (χ0v) is 15.1. The fourth-order valence-electron chi connectivity index (χ4n) is 2.75. The number of esters is 1. The van der Waals surface area contributed by atoms with Gasteiger partial charge in [0.25, 0.3) is 0 Å². The number of phenolic OH excluding ortho intramolecular Hbond substituents is 1. The summed E-state index contributed by atoms with van der Waals surface area (Å²) in [4.78, 5) is 13.3. The third-order valence-electron chi connectivity index (χ3n) is 4.22. The van der Waals surface area contributed by atoms with Crippen LogP contribution in [0.5, 0.6) is 5.75 Å². The van der Waals surface area contributed by atoms with E-state index in [1.54, 1.807) is 0 Å². The summed E-state index contributed by atoms with van der Waals surface area (Å²) in [5.74, 6) is -0.0618. The molecule has 136 valence electrons. The van der Waals surface area contributed by atoms with Crippen LogP contribution in [0.15, 0.2) is 36.4 Å². The topological polar surface area (TPSA) is 77.2 Å². The third kappa shape index (κ3) is 4.02. The number of fused-ring (bicyclic) bond motifs is 1. The van der Waals surface area contributed by atoms with Crippen molar-refractivity contribution in [3.63, 3.8) is 0 Å². The fourth-order valence-corrected chi connectivity index (χ4v) is 2.75. The highest BCUT2D eigenvalue weighted by molar-refractivity contribution is 5.74. The summed E-state index contributed by atoms with van der Waals surface area (Å²) < 4.78 is 5.19. The lowest BCUT2D eigenvalue weighted by molar-refractivity contribution is -0.143. The van der Waals surface area contributed by atoms with Crippen molar-refractivity contribution in [3.8, 4) is 11.4 Å². The number of aromatic hydroxyl groups is 1. The lowest BCUT2D eigenvalue weighted by Crippen LogP contribution is -2.07. The predicted octanol–water partition coefficient (Wildman–Crippen LogP) is 3.71. The Kier molecular flexibility index (Phi) is 5.51. The van der Waals surface area contributed by atoms with Gasteiger partial charge in [-0.2, -0.15) is 0 Å². The number of aryl methyl sites for hydroxylation is 2. The summed E-state index contributed by atoms with van der Waals surface area (Å²) >= 11 is 0. The highest BCUT2D eigenvalue weighted by Crippen LogP contribution is 2.28. The van der Waals surface area contributed by atoms with Gasteiger partial charge in [-0.25, -0.2) is 0 Å². The van der Waals surface area contributed by atoms with Gasteiger partial charge in [0.15, 0.2) is 0 Å². The Morgan fingerprint density at radius 3 is 2.54 bits per heavy atom. The molecule has 0 atom stereocenters. The molecule has 3 aromatic rings. The molecule has 0 aliphatic rings. The highest BCUT2D eigenvalue weighted by Gasteiger charge is 2.13. The average Bonchev–Trinajstić information content (AvgIpc) is 3.06. The van der Waals surface area contributed by atoms with Gasteiger partial charge in [-0.1, -0.05) is 31.5 Å². The quantitative estimate of drug-likeness (QED) is 0.517. The van der Waals surface area contributed by atoms with Crippen LogP contribution in [-0.4, -0.2) is 32.7 Å². The Balaban J connectivity index is 1.80. The van der Waals surface area contributed by atoms with E-state index in [-0.39, 0.29) is 11.7 Å². The van der Waals surface area contributed by atoms with E-state index in [1.807, 2.05) is 43.3 Å². The monoisotopic (exact) mass is 353 g/mol. The van der Waals surface area contributed by atoms with E-state index in [0.717, 1.165) is 35.0 Å². The summed E-state index contributed by atoms with van der Waals surface area (Å²) in [5, 5.41) is 19.3. The Morgan fingerprint density at radius 1 is 1.19 bits per heavy atom. The number of aromatic nitrogens is 3. The van der Waals surface area contributed by atoms with Gasteiger partial charge in [0.2, 0.25) is 0 Å². The smallest absolute Gasteiger partial charge is 0.306 e. The van der Waals surface area contributed by atoms with E-state index in [4.69, 9.17) is 4.74 Å². The molecular weight excluding hydrogens is 330 g/mol. The first-order valence-corrected chi connectivity index (χ1v) is 8.89. The molecule has 6 nitrogen and oxygen atoms in total. The van der Waals surface area contributed by atoms with Crippen LogP contribution in [0.1, 0.15) is 37.3 Å². The second-order valence-corrected chi connectivity index (χ2v) is 6.33. The van der Waals surface area contributed by atoms with Crippen LogP contribution in [0, 0.1) is 6.92 Å². The highest BCUT2D eigenvalue weighted by atomic mass is 16.5. The van der Waals surface area contributed by atoms with E-state index in [0.29, 0.717) is 25.1 Å². The fraction of sp³-hybridized carbons (Fsp3) is 0.350. The maximum atomic E-state index is 11.8. The Hall–Kier alpha value is -2.89. The van der Waals surface area contributed by atoms with Crippen LogP contribution in [0.2, 0.25) is 0 Å². The van der Waals surface area contributed by atoms with Crippen molar-refractivity contribution >= 4 is 17.0 Å². The molecule has 2 aromatic carbocycles. The van der Waals surface area contributed by atoms with E-state index in [2.05, 4.69) is 17.1 Å². The molecule has 0 aliphatic heterocycles. The number of benzene rings is 2. The maximum absolute atomic E-state index is 11.8. The SMILES string of the molecule is CCCCOC(=O)CCc1cc(C)c(O)c(-n2nc3ccccc3n2)c1. The van der Waals surface area contributed by atoms with Gasteiger partial charge in [-0.3, -0.25) is 4.79 Å². The minimum Gasteiger partial charge on any atom is -0.505 e. The molecule has 0 unspecified atom stereocenters. The molecule has 1 heterocycles. The molecular formula is C20H23N3O3. The standard InChI is InChI=1S/C20H23N3O3/c1-3-4-11-26-19(24)10-9-15-12-14(2)20(25)18(13-15)23-21-16-7-5-6-8-17(16)22-23/h5-8,12-13,25H,3-4,9-11H2,1-2H3. The van der Waals surface area contributed by atoms with Gasteiger partial charge < -0.3 is 9.84 Å². The zero-order valence-electron chi connectivity index (χ0n) is 15.1.